The summed E-state index contributed by atoms with van der Waals surface area (Å²) in [5.41, 5.74) is -0.895. The van der Waals surface area contributed by atoms with Crippen LogP contribution in [0.25, 0.3) is 0 Å². The minimum atomic E-state index is -4.51. The average molecular weight is 368 g/mol. The van der Waals surface area contributed by atoms with E-state index < -0.39 is 17.6 Å². The standard InChI is InChI=1S/C17H19F3N4O2/c1-11-22-14(16(25)21-8-5-9-26-2)10-15(23-11)24-13-7-4-3-6-12(13)17(18,19)20/h3-4,6-7,10H,5,8-9H2,1-2H3,(H,21,25)(H,22,23,24). The van der Waals surface area contributed by atoms with Gasteiger partial charge in [-0.25, -0.2) is 9.97 Å². The van der Waals surface area contributed by atoms with Crippen molar-refractivity contribution in [3.8, 4) is 0 Å². The van der Waals surface area contributed by atoms with Gasteiger partial charge in [-0.3, -0.25) is 4.79 Å². The summed E-state index contributed by atoms with van der Waals surface area (Å²) in [7, 11) is 1.56. The van der Waals surface area contributed by atoms with Crippen LogP contribution in [-0.2, 0) is 10.9 Å². The zero-order valence-electron chi connectivity index (χ0n) is 14.4. The molecule has 1 heterocycles. The minimum Gasteiger partial charge on any atom is -0.385 e. The van der Waals surface area contributed by atoms with Gasteiger partial charge in [0, 0.05) is 26.3 Å². The third-order valence-electron chi connectivity index (χ3n) is 3.38. The number of amides is 1. The Hall–Kier alpha value is -2.68. The van der Waals surface area contributed by atoms with E-state index in [-0.39, 0.29) is 23.0 Å². The Balaban J connectivity index is 2.19. The number of carbonyl (C=O) groups excluding carboxylic acids is 1. The maximum absolute atomic E-state index is 13.1. The monoisotopic (exact) mass is 368 g/mol. The molecular weight excluding hydrogens is 349 g/mol. The number of alkyl halides is 3. The van der Waals surface area contributed by atoms with E-state index in [0.29, 0.717) is 19.6 Å². The SMILES string of the molecule is COCCCNC(=O)c1cc(Nc2ccccc2C(F)(F)F)nc(C)n1. The molecule has 1 aromatic heterocycles. The van der Waals surface area contributed by atoms with Gasteiger partial charge in [-0.1, -0.05) is 12.1 Å². The van der Waals surface area contributed by atoms with E-state index in [1.165, 1.54) is 24.3 Å². The van der Waals surface area contributed by atoms with Crippen molar-refractivity contribution in [2.45, 2.75) is 19.5 Å². The molecule has 6 nitrogen and oxygen atoms in total. The zero-order chi connectivity index (χ0) is 19.2. The van der Waals surface area contributed by atoms with Gasteiger partial charge < -0.3 is 15.4 Å². The van der Waals surface area contributed by atoms with E-state index in [1.807, 2.05) is 0 Å². The number of aromatic nitrogens is 2. The number of nitrogens with one attached hydrogen (secondary N) is 2. The van der Waals surface area contributed by atoms with Crippen LogP contribution in [0.2, 0.25) is 0 Å². The summed E-state index contributed by atoms with van der Waals surface area (Å²) in [6.07, 6.45) is -3.87. The first kappa shape index (κ1) is 19.6. The Morgan fingerprint density at radius 3 is 2.65 bits per heavy atom. The molecule has 0 spiro atoms. The predicted octanol–water partition coefficient (Wildman–Crippen LogP) is 3.31. The fraction of sp³-hybridized carbons (Fsp3) is 0.353. The highest BCUT2D eigenvalue weighted by Gasteiger charge is 2.33. The van der Waals surface area contributed by atoms with Crippen molar-refractivity contribution in [2.75, 3.05) is 25.6 Å². The van der Waals surface area contributed by atoms with Gasteiger partial charge in [0.05, 0.1) is 11.3 Å². The van der Waals surface area contributed by atoms with Gasteiger partial charge in [-0.05, 0) is 25.5 Å². The molecule has 0 unspecified atom stereocenters. The van der Waals surface area contributed by atoms with E-state index >= 15 is 0 Å². The molecular formula is C17H19F3N4O2. The van der Waals surface area contributed by atoms with Crippen molar-refractivity contribution in [2.24, 2.45) is 0 Å². The van der Waals surface area contributed by atoms with Gasteiger partial charge in [-0.2, -0.15) is 13.2 Å². The molecule has 2 N–H and O–H groups in total. The highest BCUT2D eigenvalue weighted by atomic mass is 19.4. The molecule has 0 radical (unpaired) electrons. The van der Waals surface area contributed by atoms with Gasteiger partial charge in [-0.15, -0.1) is 0 Å². The molecule has 0 bridgehead atoms. The maximum Gasteiger partial charge on any atom is 0.418 e. The number of halogens is 3. The third kappa shape index (κ3) is 5.41. The maximum atomic E-state index is 13.1. The van der Waals surface area contributed by atoms with Crippen molar-refractivity contribution < 1.29 is 22.7 Å². The Morgan fingerprint density at radius 1 is 1.23 bits per heavy atom. The molecule has 0 fully saturated rings. The Labute approximate surface area is 148 Å². The van der Waals surface area contributed by atoms with Crippen LogP contribution in [0.1, 0.15) is 28.3 Å². The summed E-state index contributed by atoms with van der Waals surface area (Å²) in [6.45, 7) is 2.46. The molecule has 1 amide bonds. The molecule has 0 atom stereocenters. The summed E-state index contributed by atoms with van der Waals surface area (Å²) in [6, 6.07) is 6.36. The first-order chi connectivity index (χ1) is 12.3. The van der Waals surface area contributed by atoms with Gasteiger partial charge in [0.1, 0.15) is 17.3 Å². The number of rotatable bonds is 7. The van der Waals surface area contributed by atoms with E-state index in [1.54, 1.807) is 14.0 Å². The zero-order valence-corrected chi connectivity index (χ0v) is 14.4. The van der Waals surface area contributed by atoms with Crippen molar-refractivity contribution in [1.29, 1.82) is 0 Å². The molecule has 0 aliphatic carbocycles. The molecule has 9 heteroatoms. The van der Waals surface area contributed by atoms with E-state index in [9.17, 15) is 18.0 Å². The van der Waals surface area contributed by atoms with Gasteiger partial charge in [0.25, 0.3) is 5.91 Å². The second kappa shape index (κ2) is 8.61. The highest BCUT2D eigenvalue weighted by molar-refractivity contribution is 5.93. The summed E-state index contributed by atoms with van der Waals surface area (Å²) in [5.74, 6) is -0.0588. The number of anilines is 2. The molecule has 0 saturated carbocycles. The highest BCUT2D eigenvalue weighted by Crippen LogP contribution is 2.35. The van der Waals surface area contributed by atoms with Crippen molar-refractivity contribution in [1.82, 2.24) is 15.3 Å². The summed E-state index contributed by atoms with van der Waals surface area (Å²) in [5, 5.41) is 5.29. The van der Waals surface area contributed by atoms with Crippen LogP contribution in [-0.4, -0.2) is 36.1 Å². The normalized spacial score (nSPS) is 11.3. The van der Waals surface area contributed by atoms with Crippen LogP contribution < -0.4 is 10.6 Å². The molecule has 26 heavy (non-hydrogen) atoms. The molecule has 1 aromatic carbocycles. The molecule has 0 aliphatic heterocycles. The third-order valence-corrected chi connectivity index (χ3v) is 3.38. The predicted molar refractivity (Wildman–Crippen MR) is 90.3 cm³/mol. The van der Waals surface area contributed by atoms with Crippen molar-refractivity contribution >= 4 is 17.4 Å². The molecule has 0 saturated heterocycles. The van der Waals surface area contributed by atoms with Crippen LogP contribution in [0.3, 0.4) is 0 Å². The second-order valence-electron chi connectivity index (χ2n) is 5.46. The van der Waals surface area contributed by atoms with Crippen LogP contribution in [0.15, 0.2) is 30.3 Å². The second-order valence-corrected chi connectivity index (χ2v) is 5.46. The number of hydrogen-bond acceptors (Lipinski definition) is 5. The summed E-state index contributed by atoms with van der Waals surface area (Å²) < 4.78 is 44.2. The van der Waals surface area contributed by atoms with Crippen molar-refractivity contribution in [3.63, 3.8) is 0 Å². The Bertz CT molecular complexity index is 766. The number of aryl methyl sites for hydroxylation is 1. The number of para-hydroxylation sites is 1. The Kier molecular flexibility index (Phi) is 6.51. The number of hydrogen-bond donors (Lipinski definition) is 2. The summed E-state index contributed by atoms with van der Waals surface area (Å²) >= 11 is 0. The topological polar surface area (TPSA) is 76.1 Å². The average Bonchev–Trinajstić information content (AvgIpc) is 2.57. The van der Waals surface area contributed by atoms with Crippen molar-refractivity contribution in [3.05, 3.63) is 47.4 Å². The molecule has 140 valence electrons. The lowest BCUT2D eigenvalue weighted by atomic mass is 10.1. The first-order valence-electron chi connectivity index (χ1n) is 7.87. The number of carbonyl (C=O) groups is 1. The van der Waals surface area contributed by atoms with Crippen LogP contribution >= 0.6 is 0 Å². The smallest absolute Gasteiger partial charge is 0.385 e. The molecule has 2 aromatic rings. The first-order valence-corrected chi connectivity index (χ1v) is 7.87. The lowest BCUT2D eigenvalue weighted by molar-refractivity contribution is -0.136. The van der Waals surface area contributed by atoms with E-state index in [4.69, 9.17) is 4.74 Å². The summed E-state index contributed by atoms with van der Waals surface area (Å²) in [4.78, 5) is 20.2. The van der Waals surface area contributed by atoms with Gasteiger partial charge in [0.15, 0.2) is 0 Å². The molecule has 2 rings (SSSR count). The van der Waals surface area contributed by atoms with E-state index in [0.717, 1.165) is 6.07 Å². The van der Waals surface area contributed by atoms with Gasteiger partial charge in [0.2, 0.25) is 0 Å². The van der Waals surface area contributed by atoms with Crippen LogP contribution in [0, 0.1) is 6.92 Å². The number of nitrogens with zero attached hydrogens (tertiary/aromatic N) is 2. The van der Waals surface area contributed by atoms with Crippen LogP contribution in [0.5, 0.6) is 0 Å². The minimum absolute atomic E-state index is 0.0712. The Morgan fingerprint density at radius 2 is 1.96 bits per heavy atom. The largest absolute Gasteiger partial charge is 0.418 e. The van der Waals surface area contributed by atoms with Crippen LogP contribution in [0.4, 0.5) is 24.7 Å². The fourth-order valence-corrected chi connectivity index (χ4v) is 2.23. The number of methoxy groups -OCH3 is 1. The quantitative estimate of drug-likeness (QED) is 0.734. The lowest BCUT2D eigenvalue weighted by Crippen LogP contribution is -2.26. The lowest BCUT2D eigenvalue weighted by Gasteiger charge is -2.14. The number of benzene rings is 1. The van der Waals surface area contributed by atoms with Gasteiger partial charge >= 0.3 is 6.18 Å². The fourth-order valence-electron chi connectivity index (χ4n) is 2.23. The molecule has 0 aliphatic rings. The van der Waals surface area contributed by atoms with E-state index in [2.05, 4.69) is 20.6 Å². The number of ether oxygens (including phenoxy) is 1.